The Balaban J connectivity index is 2.00. The van der Waals surface area contributed by atoms with Gasteiger partial charge in [0.05, 0.1) is 16.5 Å². The molecule has 0 fully saturated rings. The van der Waals surface area contributed by atoms with Gasteiger partial charge in [0.15, 0.2) is 0 Å². The molecule has 3 aromatic rings. The number of nitrogens with zero attached hydrogens (tertiary/aromatic N) is 1. The average Bonchev–Trinajstić information content (AvgIpc) is 2.84. The van der Waals surface area contributed by atoms with E-state index < -0.39 is 6.04 Å². The fourth-order valence-corrected chi connectivity index (χ4v) is 4.39. The Kier molecular flexibility index (Phi) is 9.98. The lowest BCUT2D eigenvalue weighted by Crippen LogP contribution is -2.51. The zero-order valence-corrected chi connectivity index (χ0v) is 22.9. The molecule has 1 atom stereocenters. The molecule has 0 radical (unpaired) electrons. The maximum absolute atomic E-state index is 13.9. The number of amides is 2. The Labute approximate surface area is 224 Å². The lowest BCUT2D eigenvalue weighted by molar-refractivity contribution is -0.140. The molecule has 0 aliphatic rings. The normalized spacial score (nSPS) is 11.9. The van der Waals surface area contributed by atoms with Gasteiger partial charge in [0, 0.05) is 19.5 Å². The quantitative estimate of drug-likeness (QED) is 0.326. The lowest BCUT2D eigenvalue weighted by Gasteiger charge is -2.32. The monoisotopic (exact) mass is 524 g/mol. The van der Waals surface area contributed by atoms with Crippen LogP contribution in [0.5, 0.6) is 0 Å². The molecule has 3 aromatic carbocycles. The third-order valence-electron chi connectivity index (χ3n) is 6.14. The highest BCUT2D eigenvalue weighted by molar-refractivity contribution is 6.42. The fourth-order valence-electron chi connectivity index (χ4n) is 4.07. The van der Waals surface area contributed by atoms with Gasteiger partial charge in [-0.05, 0) is 54.2 Å². The minimum absolute atomic E-state index is 0.115. The largest absolute Gasteiger partial charge is 0.354 e. The van der Waals surface area contributed by atoms with Crippen molar-refractivity contribution in [3.8, 4) is 0 Å². The summed E-state index contributed by atoms with van der Waals surface area (Å²) in [7, 11) is 0. The van der Waals surface area contributed by atoms with Gasteiger partial charge >= 0.3 is 0 Å². The summed E-state index contributed by atoms with van der Waals surface area (Å²) in [5.74, 6) is 0.0119. The van der Waals surface area contributed by atoms with Crippen molar-refractivity contribution in [1.29, 1.82) is 0 Å². The van der Waals surface area contributed by atoms with E-state index in [4.69, 9.17) is 23.2 Å². The van der Waals surface area contributed by atoms with E-state index in [-0.39, 0.29) is 24.8 Å². The molecular formula is C30H34Cl2N2O2. The summed E-state index contributed by atoms with van der Waals surface area (Å²) in [5, 5.41) is 3.91. The number of halogens is 2. The predicted molar refractivity (Wildman–Crippen MR) is 148 cm³/mol. The van der Waals surface area contributed by atoms with Crippen LogP contribution in [0.3, 0.4) is 0 Å². The van der Waals surface area contributed by atoms with Crippen molar-refractivity contribution in [3.63, 3.8) is 0 Å². The Morgan fingerprint density at radius 3 is 2.28 bits per heavy atom. The van der Waals surface area contributed by atoms with Crippen LogP contribution in [0.4, 0.5) is 0 Å². The zero-order chi connectivity index (χ0) is 26.2. The molecule has 1 N–H and O–H groups in total. The molecule has 3 rings (SSSR count). The second kappa shape index (κ2) is 12.9. The molecule has 6 heteroatoms. The minimum atomic E-state index is -0.682. The predicted octanol–water partition coefficient (Wildman–Crippen LogP) is 6.57. The van der Waals surface area contributed by atoms with Gasteiger partial charge in [-0.3, -0.25) is 9.59 Å². The summed E-state index contributed by atoms with van der Waals surface area (Å²) in [6.45, 7) is 8.89. The Morgan fingerprint density at radius 2 is 1.61 bits per heavy atom. The summed E-state index contributed by atoms with van der Waals surface area (Å²) in [4.78, 5) is 29.1. The fraction of sp³-hybridized carbons (Fsp3) is 0.333. The maximum Gasteiger partial charge on any atom is 0.243 e. The molecule has 0 aromatic heterocycles. The van der Waals surface area contributed by atoms with Gasteiger partial charge in [-0.1, -0.05) is 97.2 Å². The van der Waals surface area contributed by atoms with Gasteiger partial charge in [-0.15, -0.1) is 0 Å². The summed E-state index contributed by atoms with van der Waals surface area (Å²) >= 11 is 12.4. The molecule has 2 amide bonds. The van der Waals surface area contributed by atoms with Crippen LogP contribution >= 0.6 is 23.2 Å². The van der Waals surface area contributed by atoms with Crippen LogP contribution in [0.15, 0.2) is 66.7 Å². The van der Waals surface area contributed by atoms with Crippen molar-refractivity contribution in [2.45, 2.75) is 53.1 Å². The highest BCUT2D eigenvalue weighted by Crippen LogP contribution is 2.25. The van der Waals surface area contributed by atoms with Crippen LogP contribution in [0, 0.1) is 19.8 Å². The molecule has 0 spiro atoms. The third-order valence-corrected chi connectivity index (χ3v) is 6.88. The lowest BCUT2D eigenvalue weighted by atomic mass is 9.99. The highest BCUT2D eigenvalue weighted by Gasteiger charge is 2.30. The first kappa shape index (κ1) is 27.8. The number of benzene rings is 3. The Morgan fingerprint density at radius 1 is 0.889 bits per heavy atom. The van der Waals surface area contributed by atoms with Crippen molar-refractivity contribution in [1.82, 2.24) is 10.2 Å². The van der Waals surface area contributed by atoms with Crippen LogP contribution in [0.25, 0.3) is 0 Å². The third kappa shape index (κ3) is 7.84. The van der Waals surface area contributed by atoms with E-state index in [1.165, 1.54) is 0 Å². The summed E-state index contributed by atoms with van der Waals surface area (Å²) < 4.78 is 0. The first-order chi connectivity index (χ1) is 17.1. The molecule has 0 saturated carbocycles. The number of hydrogen-bond donors (Lipinski definition) is 1. The maximum atomic E-state index is 13.9. The van der Waals surface area contributed by atoms with Crippen LogP contribution < -0.4 is 5.32 Å². The van der Waals surface area contributed by atoms with Crippen molar-refractivity contribution in [2.75, 3.05) is 6.54 Å². The van der Waals surface area contributed by atoms with Crippen LogP contribution in [-0.2, 0) is 29.0 Å². The summed E-state index contributed by atoms with van der Waals surface area (Å²) in [5.41, 5.74) is 4.90. The molecule has 4 nitrogen and oxygen atoms in total. The molecule has 190 valence electrons. The first-order valence-corrected chi connectivity index (χ1v) is 13.0. The van der Waals surface area contributed by atoms with E-state index in [0.29, 0.717) is 28.9 Å². The van der Waals surface area contributed by atoms with E-state index in [1.807, 2.05) is 82.3 Å². The Bertz CT molecular complexity index is 1190. The molecule has 0 saturated heterocycles. The average molecular weight is 526 g/mol. The molecular weight excluding hydrogens is 491 g/mol. The van der Waals surface area contributed by atoms with Crippen molar-refractivity contribution >= 4 is 35.0 Å². The van der Waals surface area contributed by atoms with Gasteiger partial charge in [0.1, 0.15) is 6.04 Å². The minimum Gasteiger partial charge on any atom is -0.354 e. The second-order valence-corrected chi connectivity index (χ2v) is 10.5. The number of nitrogens with one attached hydrogen (secondary N) is 1. The van der Waals surface area contributed by atoms with Crippen LogP contribution in [0.2, 0.25) is 10.0 Å². The summed E-state index contributed by atoms with van der Waals surface area (Å²) in [6.07, 6.45) is 0.613. The topological polar surface area (TPSA) is 49.4 Å². The van der Waals surface area contributed by atoms with Gasteiger partial charge in [0.25, 0.3) is 0 Å². The standard InChI is InChI=1S/C30H34Cl2N2O2/c1-20(2)18-33-30(36)28(16-23-8-6-5-7-9-23)34(19-24-12-13-26(31)27(32)15-24)29(35)17-25-14-21(3)10-11-22(25)4/h5-15,20,28H,16-19H2,1-4H3,(H,33,36)/t28-/m0/s1. The zero-order valence-electron chi connectivity index (χ0n) is 21.4. The van der Waals surface area contributed by atoms with Crippen molar-refractivity contribution in [3.05, 3.63) is 105 Å². The molecule has 36 heavy (non-hydrogen) atoms. The molecule has 0 bridgehead atoms. The van der Waals surface area contributed by atoms with E-state index in [1.54, 1.807) is 17.0 Å². The molecule has 0 aliphatic carbocycles. The van der Waals surface area contributed by atoms with Crippen LogP contribution in [-0.4, -0.2) is 29.3 Å². The SMILES string of the molecule is Cc1ccc(C)c(CC(=O)N(Cc2ccc(Cl)c(Cl)c2)[C@@H](Cc2ccccc2)C(=O)NCC(C)C)c1. The van der Waals surface area contributed by atoms with E-state index >= 15 is 0 Å². The molecule has 0 unspecified atom stereocenters. The van der Waals surface area contributed by atoms with Crippen molar-refractivity contribution < 1.29 is 9.59 Å². The molecule has 0 aliphatic heterocycles. The number of rotatable bonds is 10. The second-order valence-electron chi connectivity index (χ2n) is 9.72. The highest BCUT2D eigenvalue weighted by atomic mass is 35.5. The van der Waals surface area contributed by atoms with Crippen molar-refractivity contribution in [2.24, 2.45) is 5.92 Å². The molecule has 0 heterocycles. The number of carbonyl (C=O) groups is 2. The van der Waals surface area contributed by atoms with Gasteiger partial charge in [-0.25, -0.2) is 0 Å². The first-order valence-electron chi connectivity index (χ1n) is 12.2. The number of aryl methyl sites for hydroxylation is 2. The summed E-state index contributed by atoms with van der Waals surface area (Å²) in [6, 6.07) is 20.5. The van der Waals surface area contributed by atoms with Crippen LogP contribution in [0.1, 0.15) is 41.7 Å². The van der Waals surface area contributed by atoms with E-state index in [2.05, 4.69) is 5.32 Å². The number of carbonyl (C=O) groups excluding carboxylic acids is 2. The van der Waals surface area contributed by atoms with E-state index in [0.717, 1.165) is 27.8 Å². The van der Waals surface area contributed by atoms with E-state index in [9.17, 15) is 9.59 Å². The van der Waals surface area contributed by atoms with Gasteiger partial charge in [0.2, 0.25) is 11.8 Å². The van der Waals surface area contributed by atoms with Gasteiger partial charge in [-0.2, -0.15) is 0 Å². The smallest absolute Gasteiger partial charge is 0.243 e. The number of hydrogen-bond acceptors (Lipinski definition) is 2. The van der Waals surface area contributed by atoms with Gasteiger partial charge < -0.3 is 10.2 Å². The Hall–Kier alpha value is -2.82.